The van der Waals surface area contributed by atoms with Crippen molar-refractivity contribution in [2.24, 2.45) is 5.89 Å². The maximum absolute atomic E-state index is 8.62. The molecule has 0 fully saturated rings. The Hall–Kier alpha value is -2.68. The molecule has 1 aliphatic rings. The van der Waals surface area contributed by atoms with E-state index in [2.05, 4.69) is 4.98 Å². The molecule has 3 aromatic heterocycles. The first kappa shape index (κ1) is 8.13. The van der Waals surface area contributed by atoms with Crippen LogP contribution in [-0.2, 0) is 12.9 Å². The molecule has 0 spiro atoms. The highest BCUT2D eigenvalue weighted by molar-refractivity contribution is 6.08. The molecule has 0 radical (unpaired) electrons. The Labute approximate surface area is 159 Å². The minimum absolute atomic E-state index is 0.145. The standard InChI is InChI=1S/C22H21N2O/c1-13(2)9-16-12-24-11-15-6-7-17-18-5-4-8-23-22(18)25-21(17)20(15)19(24)10-14(16)3/h4-8,10,12-13H,9,11H2,1-3H3/q+1/i1D3,2D3,9D2,13D. The van der Waals surface area contributed by atoms with E-state index in [1.165, 1.54) is 6.20 Å². The Bertz CT molecular complexity index is 1450. The van der Waals surface area contributed by atoms with Crippen LogP contribution in [-0.4, -0.2) is 4.98 Å². The van der Waals surface area contributed by atoms with Crippen LogP contribution in [0.3, 0.4) is 0 Å². The first-order chi connectivity index (χ1) is 15.7. The molecule has 3 nitrogen and oxygen atoms in total. The van der Waals surface area contributed by atoms with Gasteiger partial charge in [-0.25, -0.2) is 4.98 Å². The lowest BCUT2D eigenvalue weighted by Crippen LogP contribution is -2.33. The number of benzene rings is 1. The molecule has 0 unspecified atom stereocenters. The largest absolute Gasteiger partial charge is 0.437 e. The molecule has 0 aliphatic carbocycles. The lowest BCUT2D eigenvalue weighted by molar-refractivity contribution is -0.672. The molecule has 0 N–H and O–H groups in total. The number of pyridine rings is 2. The number of furan rings is 1. The molecule has 1 aromatic carbocycles. The molecule has 124 valence electrons. The molecule has 0 amide bonds. The van der Waals surface area contributed by atoms with E-state index in [0.717, 1.165) is 27.6 Å². The van der Waals surface area contributed by atoms with Gasteiger partial charge in [-0.2, -0.15) is 4.57 Å². The van der Waals surface area contributed by atoms with Crippen molar-refractivity contribution in [3.8, 4) is 11.3 Å². The average Bonchev–Trinajstić information content (AvgIpc) is 3.28. The van der Waals surface area contributed by atoms with Gasteiger partial charge in [0.05, 0.1) is 5.56 Å². The third-order valence-corrected chi connectivity index (χ3v) is 4.73. The van der Waals surface area contributed by atoms with Gasteiger partial charge in [-0.15, -0.1) is 0 Å². The fourth-order valence-electron chi connectivity index (χ4n) is 3.62. The van der Waals surface area contributed by atoms with Crippen molar-refractivity contribution in [1.82, 2.24) is 4.98 Å². The molecular weight excluding hydrogens is 308 g/mol. The third kappa shape index (κ3) is 2.12. The quantitative estimate of drug-likeness (QED) is 0.433. The summed E-state index contributed by atoms with van der Waals surface area (Å²) < 4.78 is 79.9. The molecule has 4 aromatic rings. The van der Waals surface area contributed by atoms with Crippen LogP contribution < -0.4 is 4.57 Å². The van der Waals surface area contributed by atoms with Crippen molar-refractivity contribution in [3.05, 3.63) is 59.4 Å². The Morgan fingerprint density at radius 1 is 1.36 bits per heavy atom. The smallest absolute Gasteiger partial charge is 0.227 e. The summed E-state index contributed by atoms with van der Waals surface area (Å²) in [6.45, 7) is -4.84. The lowest BCUT2D eigenvalue weighted by atomic mass is 9.98. The fraction of sp³-hybridized carbons (Fsp3) is 0.273. The Kier molecular flexibility index (Phi) is 1.68. The molecule has 1 aliphatic heterocycles. The summed E-state index contributed by atoms with van der Waals surface area (Å²) in [5, 5.41) is 1.76. The van der Waals surface area contributed by atoms with Crippen LogP contribution in [0.4, 0.5) is 0 Å². The maximum atomic E-state index is 8.62. The monoisotopic (exact) mass is 338 g/mol. The molecule has 25 heavy (non-hydrogen) atoms. The van der Waals surface area contributed by atoms with Crippen LogP contribution in [0.5, 0.6) is 0 Å². The molecule has 0 atom stereocenters. The predicted molar refractivity (Wildman–Crippen MR) is 99.5 cm³/mol. The molecule has 0 saturated heterocycles. The van der Waals surface area contributed by atoms with E-state index in [0.29, 0.717) is 23.4 Å². The summed E-state index contributed by atoms with van der Waals surface area (Å²) in [7, 11) is 0. The Morgan fingerprint density at radius 2 is 2.28 bits per heavy atom. The SMILES string of the molecule is [2H]C([2H])([2H])C([2H])(C([2H])([2H])[2H])C([2H])([2H])c1c[n+]2c(cc1C)-c1c(ccc3c1oc1ncccc13)C2. The average molecular weight is 338 g/mol. The molecule has 0 bridgehead atoms. The summed E-state index contributed by atoms with van der Waals surface area (Å²) in [5.41, 5.74) is 3.84. The zero-order chi connectivity index (χ0) is 24.8. The summed E-state index contributed by atoms with van der Waals surface area (Å²) in [5.74, 6) is -3.37. The lowest BCUT2D eigenvalue weighted by Gasteiger charge is -2.07. The summed E-state index contributed by atoms with van der Waals surface area (Å²) >= 11 is 0. The first-order valence-electron chi connectivity index (χ1n) is 12.5. The minimum Gasteiger partial charge on any atom is -0.437 e. The van der Waals surface area contributed by atoms with Gasteiger partial charge in [-0.05, 0) is 43.0 Å². The van der Waals surface area contributed by atoms with Crippen molar-refractivity contribution in [2.75, 3.05) is 0 Å². The topological polar surface area (TPSA) is 29.9 Å². The normalized spacial score (nSPS) is 20.3. The van der Waals surface area contributed by atoms with E-state index in [-0.39, 0.29) is 5.56 Å². The van der Waals surface area contributed by atoms with E-state index < -0.39 is 26.0 Å². The van der Waals surface area contributed by atoms with Gasteiger partial charge < -0.3 is 4.42 Å². The highest BCUT2D eigenvalue weighted by Gasteiger charge is 2.31. The van der Waals surface area contributed by atoms with Crippen molar-refractivity contribution >= 4 is 22.1 Å². The Morgan fingerprint density at radius 3 is 3.16 bits per heavy atom. The van der Waals surface area contributed by atoms with Gasteiger partial charge in [0.25, 0.3) is 0 Å². The van der Waals surface area contributed by atoms with Gasteiger partial charge in [0.15, 0.2) is 18.3 Å². The number of hydrogen-bond acceptors (Lipinski definition) is 2. The fourth-order valence-corrected chi connectivity index (χ4v) is 3.62. The number of nitrogens with zero attached hydrogens (tertiary/aromatic N) is 2. The number of hydrogen-bond donors (Lipinski definition) is 0. The maximum Gasteiger partial charge on any atom is 0.227 e. The van der Waals surface area contributed by atoms with Crippen LogP contribution in [0.15, 0.2) is 47.1 Å². The molecular formula is C22H21N2O+. The van der Waals surface area contributed by atoms with Gasteiger partial charge in [-0.3, -0.25) is 0 Å². The number of fused-ring (bicyclic) bond motifs is 7. The van der Waals surface area contributed by atoms with Gasteiger partial charge in [0.2, 0.25) is 11.4 Å². The van der Waals surface area contributed by atoms with Crippen LogP contribution in [0.1, 0.15) is 42.7 Å². The van der Waals surface area contributed by atoms with Gasteiger partial charge >= 0.3 is 0 Å². The van der Waals surface area contributed by atoms with E-state index >= 15 is 0 Å². The van der Waals surface area contributed by atoms with Gasteiger partial charge in [-0.1, -0.05) is 19.8 Å². The molecule has 3 heteroatoms. The minimum atomic E-state index is -3.39. The van der Waals surface area contributed by atoms with Crippen molar-refractivity contribution in [1.29, 1.82) is 0 Å². The highest BCUT2D eigenvalue weighted by atomic mass is 16.3. The zero-order valence-electron chi connectivity index (χ0n) is 22.6. The molecule has 5 rings (SSSR count). The van der Waals surface area contributed by atoms with Crippen molar-refractivity contribution in [2.45, 2.75) is 33.5 Å². The van der Waals surface area contributed by atoms with Crippen LogP contribution >= 0.6 is 0 Å². The first-order valence-corrected chi connectivity index (χ1v) is 8.02. The van der Waals surface area contributed by atoms with E-state index in [9.17, 15) is 0 Å². The number of aromatic nitrogens is 2. The van der Waals surface area contributed by atoms with Crippen LogP contribution in [0.2, 0.25) is 0 Å². The van der Waals surface area contributed by atoms with Crippen LogP contribution in [0.25, 0.3) is 33.3 Å². The zero-order valence-corrected chi connectivity index (χ0v) is 13.6. The highest BCUT2D eigenvalue weighted by Crippen LogP contribution is 2.39. The summed E-state index contributed by atoms with van der Waals surface area (Å²) in [6, 6.07) is 9.34. The predicted octanol–water partition coefficient (Wildman–Crippen LogP) is 4.80. The third-order valence-electron chi connectivity index (χ3n) is 4.73. The summed E-state index contributed by atoms with van der Waals surface area (Å²) in [4.78, 5) is 4.29. The second-order valence-corrected chi connectivity index (χ2v) is 6.32. The van der Waals surface area contributed by atoms with E-state index in [1.807, 2.05) is 24.3 Å². The van der Waals surface area contributed by atoms with Crippen molar-refractivity contribution in [3.63, 3.8) is 0 Å². The van der Waals surface area contributed by atoms with Gasteiger partial charge in [0, 0.05) is 46.5 Å². The molecule has 4 heterocycles. The van der Waals surface area contributed by atoms with E-state index in [4.69, 9.17) is 16.8 Å². The van der Waals surface area contributed by atoms with Crippen molar-refractivity contribution < 1.29 is 21.3 Å². The van der Waals surface area contributed by atoms with E-state index in [1.54, 1.807) is 23.8 Å². The number of rotatable bonds is 2. The summed E-state index contributed by atoms with van der Waals surface area (Å²) in [6.07, 6.45) is 0.0797. The Balaban J connectivity index is 1.72. The number of aryl methyl sites for hydroxylation is 1. The second-order valence-electron chi connectivity index (χ2n) is 6.32. The molecule has 0 saturated carbocycles. The van der Waals surface area contributed by atoms with Crippen LogP contribution in [0, 0.1) is 12.8 Å². The van der Waals surface area contributed by atoms with Gasteiger partial charge in [0.1, 0.15) is 0 Å². The second kappa shape index (κ2) is 5.16.